The van der Waals surface area contributed by atoms with Crippen LogP contribution in [-0.4, -0.2) is 32.8 Å². The molecule has 1 unspecified atom stereocenters. The quantitative estimate of drug-likeness (QED) is 0.294. The number of halogens is 3. The highest BCUT2D eigenvalue weighted by Crippen LogP contribution is 2.41. The zero-order chi connectivity index (χ0) is 28.1. The van der Waals surface area contributed by atoms with Crippen LogP contribution in [0.25, 0.3) is 22.2 Å². The first-order valence-corrected chi connectivity index (χ1v) is 12.7. The summed E-state index contributed by atoms with van der Waals surface area (Å²) in [5, 5.41) is 10.8. The van der Waals surface area contributed by atoms with Gasteiger partial charge in [0.15, 0.2) is 6.10 Å². The molecule has 0 bridgehead atoms. The Hall–Kier alpha value is -3.85. The van der Waals surface area contributed by atoms with Gasteiger partial charge in [-0.1, -0.05) is 6.07 Å². The molecule has 4 aromatic rings. The number of hydrogen-bond donors (Lipinski definition) is 1. The predicted molar refractivity (Wildman–Crippen MR) is 140 cm³/mol. The monoisotopic (exact) mass is 538 g/mol. The minimum Gasteiger partial charge on any atom is -0.493 e. The van der Waals surface area contributed by atoms with E-state index < -0.39 is 35.1 Å². The zero-order valence-corrected chi connectivity index (χ0v) is 22.1. The van der Waals surface area contributed by atoms with Crippen molar-refractivity contribution in [2.45, 2.75) is 58.8 Å². The number of ether oxygens (including phenoxy) is 2. The molecule has 0 radical (unpaired) electrons. The van der Waals surface area contributed by atoms with E-state index >= 15 is 0 Å². The Labute approximate surface area is 224 Å². The molecule has 204 valence electrons. The van der Waals surface area contributed by atoms with E-state index in [2.05, 4.69) is 0 Å². The molecule has 2 aromatic heterocycles. The molecule has 0 saturated carbocycles. The average Bonchev–Trinajstić information content (AvgIpc) is 3.25. The van der Waals surface area contributed by atoms with Gasteiger partial charge in [-0.3, -0.25) is 0 Å². The fourth-order valence-electron chi connectivity index (χ4n) is 5.08. The second-order valence-corrected chi connectivity index (χ2v) is 10.7. The van der Waals surface area contributed by atoms with Crippen LogP contribution < -0.4 is 4.74 Å². The zero-order valence-electron chi connectivity index (χ0n) is 22.1. The first kappa shape index (κ1) is 26.7. The van der Waals surface area contributed by atoms with Crippen molar-refractivity contribution in [3.05, 3.63) is 82.4 Å². The normalized spacial score (nSPS) is 14.2. The molecule has 1 aliphatic rings. The van der Waals surface area contributed by atoms with Gasteiger partial charge in [0.05, 0.1) is 18.8 Å². The van der Waals surface area contributed by atoms with Gasteiger partial charge < -0.3 is 19.1 Å². The van der Waals surface area contributed by atoms with Gasteiger partial charge in [0, 0.05) is 46.1 Å². The van der Waals surface area contributed by atoms with Crippen LogP contribution in [0, 0.1) is 24.4 Å². The summed E-state index contributed by atoms with van der Waals surface area (Å²) in [7, 11) is 0. The Morgan fingerprint density at radius 3 is 2.54 bits per heavy atom. The molecular weight excluding hydrogens is 509 g/mol. The molecule has 0 spiro atoms. The van der Waals surface area contributed by atoms with Gasteiger partial charge in [-0.25, -0.2) is 22.9 Å². The molecule has 3 heterocycles. The molecule has 9 heteroatoms. The number of aliphatic carboxylic acids is 1. The van der Waals surface area contributed by atoms with Crippen molar-refractivity contribution in [1.29, 1.82) is 0 Å². The Kier molecular flexibility index (Phi) is 6.88. The third-order valence-electron chi connectivity index (χ3n) is 6.73. The van der Waals surface area contributed by atoms with Crippen LogP contribution in [0.5, 0.6) is 5.75 Å². The first-order valence-electron chi connectivity index (χ1n) is 12.7. The lowest BCUT2D eigenvalue weighted by Gasteiger charge is -2.28. The molecule has 2 aromatic carbocycles. The number of aryl methyl sites for hydroxylation is 2. The second kappa shape index (κ2) is 10.0. The van der Waals surface area contributed by atoms with Crippen LogP contribution in [-0.2, 0) is 22.5 Å². The van der Waals surface area contributed by atoms with Gasteiger partial charge in [0.2, 0.25) is 0 Å². The van der Waals surface area contributed by atoms with E-state index in [9.17, 15) is 23.1 Å². The average molecular weight is 539 g/mol. The Balaban J connectivity index is 1.75. The van der Waals surface area contributed by atoms with Crippen molar-refractivity contribution >= 4 is 17.0 Å². The van der Waals surface area contributed by atoms with Crippen molar-refractivity contribution in [1.82, 2.24) is 9.55 Å². The van der Waals surface area contributed by atoms with Crippen LogP contribution in [0.2, 0.25) is 0 Å². The summed E-state index contributed by atoms with van der Waals surface area (Å²) in [6.07, 6.45) is 1.99. The number of carbonyl (C=O) groups is 1. The number of aromatic nitrogens is 2. The molecule has 0 saturated heterocycles. The van der Waals surface area contributed by atoms with E-state index in [0.29, 0.717) is 46.6 Å². The van der Waals surface area contributed by atoms with Gasteiger partial charge in [-0.2, -0.15) is 0 Å². The Morgan fingerprint density at radius 2 is 1.87 bits per heavy atom. The van der Waals surface area contributed by atoms with E-state index in [1.165, 1.54) is 0 Å². The number of carboxylic acids is 1. The lowest BCUT2D eigenvalue weighted by Crippen LogP contribution is -2.28. The van der Waals surface area contributed by atoms with Crippen molar-refractivity contribution in [3.63, 3.8) is 0 Å². The number of rotatable bonds is 6. The summed E-state index contributed by atoms with van der Waals surface area (Å²) in [6, 6.07) is 8.75. The number of hydrogen-bond acceptors (Lipinski definition) is 4. The highest BCUT2D eigenvalue weighted by molar-refractivity contribution is 5.98. The molecule has 0 fully saturated rings. The molecule has 1 N–H and O–H groups in total. The Bertz CT molecular complexity index is 1570. The molecule has 5 rings (SSSR count). The maximum absolute atomic E-state index is 14.5. The van der Waals surface area contributed by atoms with Crippen LogP contribution in [0.1, 0.15) is 55.7 Å². The molecule has 6 nitrogen and oxygen atoms in total. The van der Waals surface area contributed by atoms with E-state index in [1.807, 2.05) is 18.2 Å². The molecule has 1 aliphatic heterocycles. The lowest BCUT2D eigenvalue weighted by atomic mass is 9.90. The van der Waals surface area contributed by atoms with E-state index in [1.54, 1.807) is 44.5 Å². The molecule has 0 aliphatic carbocycles. The summed E-state index contributed by atoms with van der Waals surface area (Å²) in [5.41, 5.74) is 2.52. The van der Waals surface area contributed by atoms with Gasteiger partial charge >= 0.3 is 5.97 Å². The van der Waals surface area contributed by atoms with Crippen molar-refractivity contribution < 1.29 is 32.5 Å². The number of fused-ring (bicyclic) bond motifs is 2. The largest absolute Gasteiger partial charge is 0.493 e. The number of benzene rings is 2. The van der Waals surface area contributed by atoms with Gasteiger partial charge in [-0.05, 0) is 69.9 Å². The minimum atomic E-state index is -1.32. The highest BCUT2D eigenvalue weighted by Gasteiger charge is 2.33. The topological polar surface area (TPSA) is 73.6 Å². The molecule has 1 atom stereocenters. The van der Waals surface area contributed by atoms with Crippen LogP contribution >= 0.6 is 0 Å². The fourth-order valence-corrected chi connectivity index (χ4v) is 5.08. The fraction of sp³-hybridized carbons (Fsp3) is 0.333. The summed E-state index contributed by atoms with van der Waals surface area (Å²) in [5.74, 6) is -3.37. The smallest absolute Gasteiger partial charge is 0.337 e. The van der Waals surface area contributed by atoms with Crippen molar-refractivity contribution in [3.8, 4) is 16.9 Å². The summed E-state index contributed by atoms with van der Waals surface area (Å²) >= 11 is 0. The number of carboxylic acid groups (broad SMARTS) is 1. The first-order chi connectivity index (χ1) is 18.4. The van der Waals surface area contributed by atoms with Crippen molar-refractivity contribution in [2.75, 3.05) is 6.61 Å². The lowest BCUT2D eigenvalue weighted by molar-refractivity contribution is -0.160. The van der Waals surface area contributed by atoms with Crippen LogP contribution in [0.15, 0.2) is 42.6 Å². The summed E-state index contributed by atoms with van der Waals surface area (Å²) in [4.78, 5) is 17.2. The van der Waals surface area contributed by atoms with E-state index in [-0.39, 0.29) is 12.1 Å². The van der Waals surface area contributed by atoms with Gasteiger partial charge in [0.1, 0.15) is 28.8 Å². The van der Waals surface area contributed by atoms with E-state index in [4.69, 9.17) is 14.5 Å². The molecule has 0 amide bonds. The third kappa shape index (κ3) is 5.23. The van der Waals surface area contributed by atoms with Crippen LogP contribution in [0.3, 0.4) is 0 Å². The highest BCUT2D eigenvalue weighted by atomic mass is 19.1. The second-order valence-electron chi connectivity index (χ2n) is 10.7. The van der Waals surface area contributed by atoms with Crippen LogP contribution in [0.4, 0.5) is 13.2 Å². The number of pyridine rings is 1. The third-order valence-corrected chi connectivity index (χ3v) is 6.73. The SMILES string of the molecule is Cc1nc2c(ccn2Cc2c(F)cc(F)cc2F)c(-c2ccc3c(c2)CCCO3)c1C(OC(C)(C)C)C(=O)O. The number of nitrogens with zero attached hydrogens (tertiary/aromatic N) is 2. The maximum Gasteiger partial charge on any atom is 0.337 e. The summed E-state index contributed by atoms with van der Waals surface area (Å²) in [6.45, 7) is 7.44. The molecular formula is C30H29F3N2O4. The van der Waals surface area contributed by atoms with Crippen molar-refractivity contribution in [2.24, 2.45) is 0 Å². The Morgan fingerprint density at radius 1 is 1.15 bits per heavy atom. The minimum absolute atomic E-state index is 0.231. The van der Waals surface area contributed by atoms with Gasteiger partial charge in [-0.15, -0.1) is 0 Å². The predicted octanol–water partition coefficient (Wildman–Crippen LogP) is 6.74. The standard InChI is InChI=1S/C30H29F3N2O4/c1-16-25(27(29(36)37)39-30(2,3)4)26(18-7-8-24-17(12-18)6-5-11-38-24)20-9-10-35(28(20)34-16)15-21-22(32)13-19(31)14-23(21)33/h7-10,12-14,27H,5-6,11,15H2,1-4H3,(H,36,37). The molecule has 39 heavy (non-hydrogen) atoms. The summed E-state index contributed by atoms with van der Waals surface area (Å²) < 4.78 is 55.9. The van der Waals surface area contributed by atoms with E-state index in [0.717, 1.165) is 29.7 Å². The van der Waals surface area contributed by atoms with Gasteiger partial charge in [0.25, 0.3) is 0 Å². The maximum atomic E-state index is 14.5.